The molecule has 0 saturated heterocycles. The average Bonchev–Trinajstić information content (AvgIpc) is 3.14. The number of carbonyl (C=O) groups excluding carboxylic acids is 2. The molecular formula is C46H87O7P. The first-order valence-corrected chi connectivity index (χ1v) is 24.7. The normalized spacial score (nSPS) is 13.6. The van der Waals surface area contributed by atoms with Crippen molar-refractivity contribution in [1.29, 1.82) is 0 Å². The Hall–Kier alpha value is -1.43. The van der Waals surface area contributed by atoms with Crippen molar-refractivity contribution in [2.45, 2.75) is 226 Å². The summed E-state index contributed by atoms with van der Waals surface area (Å²) in [7, 11) is -3.34. The Labute approximate surface area is 334 Å². The molecule has 0 radical (unpaired) electrons. The molecule has 54 heavy (non-hydrogen) atoms. The summed E-state index contributed by atoms with van der Waals surface area (Å²) >= 11 is 0. The Morgan fingerprint density at radius 1 is 0.519 bits per heavy atom. The van der Waals surface area contributed by atoms with Crippen LogP contribution in [0.3, 0.4) is 0 Å². The summed E-state index contributed by atoms with van der Waals surface area (Å²) in [4.78, 5) is 25.3. The van der Waals surface area contributed by atoms with Gasteiger partial charge in [0.1, 0.15) is 6.61 Å². The van der Waals surface area contributed by atoms with Crippen molar-refractivity contribution in [3.63, 3.8) is 0 Å². The lowest BCUT2D eigenvalue weighted by Crippen LogP contribution is -2.29. The van der Waals surface area contributed by atoms with Gasteiger partial charge in [-0.15, -0.1) is 0 Å². The van der Waals surface area contributed by atoms with Crippen molar-refractivity contribution in [1.82, 2.24) is 0 Å². The van der Waals surface area contributed by atoms with Crippen LogP contribution in [0.5, 0.6) is 0 Å². The molecule has 318 valence electrons. The van der Waals surface area contributed by atoms with Crippen molar-refractivity contribution < 1.29 is 32.7 Å². The van der Waals surface area contributed by atoms with E-state index in [4.69, 9.17) is 18.5 Å². The number of carbonyl (C=O) groups is 2. The molecular weight excluding hydrogens is 695 g/mol. The predicted molar refractivity (Wildman–Crippen MR) is 229 cm³/mol. The Kier molecular flexibility index (Phi) is 38.7. The fraction of sp³-hybridized carbons (Fsp3) is 0.870. The maximum atomic E-state index is 12.9. The first kappa shape index (κ1) is 52.6. The predicted octanol–water partition coefficient (Wildman–Crippen LogP) is 14.8. The van der Waals surface area contributed by atoms with E-state index in [0.717, 1.165) is 70.6 Å². The smallest absolute Gasteiger partial charge is 0.327 e. The number of esters is 2. The van der Waals surface area contributed by atoms with Gasteiger partial charge in [-0.1, -0.05) is 155 Å². The topological polar surface area (TPSA) is 88.1 Å². The van der Waals surface area contributed by atoms with Gasteiger partial charge >= 0.3 is 19.5 Å². The summed E-state index contributed by atoms with van der Waals surface area (Å²) in [5.74, 6) is -0.119. The third-order valence-electron chi connectivity index (χ3n) is 9.76. The molecule has 0 aliphatic heterocycles. The zero-order chi connectivity index (χ0) is 39.8. The summed E-state index contributed by atoms with van der Waals surface area (Å²) in [5, 5.41) is 0. The van der Waals surface area contributed by atoms with E-state index in [2.05, 4.69) is 52.0 Å². The quantitative estimate of drug-likeness (QED) is 0.0264. The lowest BCUT2D eigenvalue weighted by Gasteiger charge is -2.21. The molecule has 0 aromatic carbocycles. The first-order chi connectivity index (χ1) is 26.2. The highest BCUT2D eigenvalue weighted by Crippen LogP contribution is 2.44. The van der Waals surface area contributed by atoms with E-state index in [1.807, 2.05) is 0 Å². The van der Waals surface area contributed by atoms with Crippen LogP contribution < -0.4 is 0 Å². The SMILES string of the molecule is CCCCCCCC/C=C\CCCCCCCC(=O)OCC(COP(C)(=O)OCCCC(C)C)OC(=O)CCCCCCC/C=C\CCCCCCCC. The molecule has 0 bridgehead atoms. The maximum absolute atomic E-state index is 12.9. The largest absolute Gasteiger partial charge is 0.462 e. The van der Waals surface area contributed by atoms with Crippen molar-refractivity contribution in [3.8, 4) is 0 Å². The highest BCUT2D eigenvalue weighted by atomic mass is 31.2. The molecule has 0 saturated carbocycles. The molecule has 0 N–H and O–H groups in total. The van der Waals surface area contributed by atoms with Gasteiger partial charge in [0, 0.05) is 19.5 Å². The average molecular weight is 783 g/mol. The first-order valence-electron chi connectivity index (χ1n) is 22.7. The highest BCUT2D eigenvalue weighted by molar-refractivity contribution is 7.52. The molecule has 0 aliphatic carbocycles. The molecule has 7 nitrogen and oxygen atoms in total. The molecule has 0 spiro atoms. The van der Waals surface area contributed by atoms with Gasteiger partial charge in [0.2, 0.25) is 0 Å². The maximum Gasteiger partial charge on any atom is 0.327 e. The van der Waals surface area contributed by atoms with Crippen LogP contribution in [-0.2, 0) is 32.7 Å². The second-order valence-electron chi connectivity index (χ2n) is 15.9. The molecule has 8 heteroatoms. The van der Waals surface area contributed by atoms with Crippen molar-refractivity contribution >= 4 is 19.5 Å². The number of rotatable bonds is 41. The van der Waals surface area contributed by atoms with Crippen molar-refractivity contribution in [3.05, 3.63) is 24.3 Å². The van der Waals surface area contributed by atoms with Crippen LogP contribution in [0.2, 0.25) is 0 Å². The second kappa shape index (κ2) is 39.8. The molecule has 0 heterocycles. The van der Waals surface area contributed by atoms with Crippen LogP contribution in [-0.4, -0.2) is 44.5 Å². The Bertz CT molecular complexity index is 947. The number of ether oxygens (including phenoxy) is 2. The van der Waals surface area contributed by atoms with Crippen LogP contribution >= 0.6 is 7.60 Å². The standard InChI is InChI=1S/C46H87O7P/c1-6-8-10-12-14-16-18-20-22-24-26-28-30-32-34-38-45(47)50-41-44(42-52-54(5,49)51-40-36-37-43(3)4)53-46(48)39-35-33-31-29-27-25-23-21-19-17-15-13-11-9-7-2/h20-23,43-44H,6-19,24-42H2,1-5H3/b22-20-,23-21-. The molecule has 0 aliphatic rings. The lowest BCUT2D eigenvalue weighted by molar-refractivity contribution is -0.161. The van der Waals surface area contributed by atoms with E-state index in [9.17, 15) is 14.2 Å². The molecule has 2 atom stereocenters. The Morgan fingerprint density at radius 3 is 1.37 bits per heavy atom. The third kappa shape index (κ3) is 40.2. The van der Waals surface area contributed by atoms with Crippen LogP contribution in [0.25, 0.3) is 0 Å². The van der Waals surface area contributed by atoms with Crippen molar-refractivity contribution in [2.75, 3.05) is 26.5 Å². The Balaban J connectivity index is 4.36. The molecule has 0 aromatic heterocycles. The fourth-order valence-electron chi connectivity index (χ4n) is 6.28. The van der Waals surface area contributed by atoms with E-state index in [1.165, 1.54) is 116 Å². The lowest BCUT2D eigenvalue weighted by atomic mass is 10.1. The minimum absolute atomic E-state index is 0.116. The van der Waals surface area contributed by atoms with Gasteiger partial charge in [-0.05, 0) is 83.0 Å². The van der Waals surface area contributed by atoms with Crippen LogP contribution in [0.4, 0.5) is 0 Å². The monoisotopic (exact) mass is 783 g/mol. The minimum Gasteiger partial charge on any atom is -0.462 e. The van der Waals surface area contributed by atoms with Crippen molar-refractivity contribution in [2.24, 2.45) is 5.92 Å². The zero-order valence-corrected chi connectivity index (χ0v) is 37.0. The van der Waals surface area contributed by atoms with E-state index in [0.29, 0.717) is 25.4 Å². The molecule has 0 aromatic rings. The number of hydrogen-bond donors (Lipinski definition) is 0. The summed E-state index contributed by atoms with van der Waals surface area (Å²) < 4.78 is 35.2. The van der Waals surface area contributed by atoms with Crippen LogP contribution in [0.15, 0.2) is 24.3 Å². The minimum atomic E-state index is -3.34. The van der Waals surface area contributed by atoms with E-state index in [1.54, 1.807) is 0 Å². The third-order valence-corrected chi connectivity index (χ3v) is 11.0. The van der Waals surface area contributed by atoms with Gasteiger partial charge in [-0.2, -0.15) is 0 Å². The molecule has 0 fully saturated rings. The van der Waals surface area contributed by atoms with Crippen LogP contribution in [0, 0.1) is 5.92 Å². The second-order valence-corrected chi connectivity index (χ2v) is 18.0. The van der Waals surface area contributed by atoms with Gasteiger partial charge in [0.25, 0.3) is 0 Å². The van der Waals surface area contributed by atoms with Gasteiger partial charge in [0.15, 0.2) is 6.10 Å². The number of unbranched alkanes of at least 4 members (excludes halogenated alkanes) is 22. The highest BCUT2D eigenvalue weighted by Gasteiger charge is 2.24. The number of allylic oxidation sites excluding steroid dienone is 4. The molecule has 0 rings (SSSR count). The zero-order valence-electron chi connectivity index (χ0n) is 36.1. The summed E-state index contributed by atoms with van der Waals surface area (Å²) in [6.07, 6.45) is 42.0. The van der Waals surface area contributed by atoms with Gasteiger partial charge in [-0.3, -0.25) is 14.2 Å². The van der Waals surface area contributed by atoms with Gasteiger partial charge in [0.05, 0.1) is 13.2 Å². The van der Waals surface area contributed by atoms with E-state index in [-0.39, 0.29) is 25.2 Å². The molecule has 2 unspecified atom stereocenters. The van der Waals surface area contributed by atoms with E-state index >= 15 is 0 Å². The summed E-state index contributed by atoms with van der Waals surface area (Å²) in [6, 6.07) is 0. The fourth-order valence-corrected chi connectivity index (χ4v) is 7.25. The summed E-state index contributed by atoms with van der Waals surface area (Å²) in [5.41, 5.74) is 0. The Morgan fingerprint density at radius 2 is 0.926 bits per heavy atom. The van der Waals surface area contributed by atoms with E-state index < -0.39 is 13.7 Å². The summed E-state index contributed by atoms with van der Waals surface area (Å²) in [6.45, 7) is 10.3. The van der Waals surface area contributed by atoms with Gasteiger partial charge < -0.3 is 18.5 Å². The number of hydrogen-bond acceptors (Lipinski definition) is 7. The van der Waals surface area contributed by atoms with Gasteiger partial charge in [-0.25, -0.2) is 0 Å². The molecule has 0 amide bonds. The van der Waals surface area contributed by atoms with Crippen LogP contribution in [0.1, 0.15) is 220 Å².